The van der Waals surface area contributed by atoms with Crippen LogP contribution in [0.15, 0.2) is 106 Å². The highest BCUT2D eigenvalue weighted by Gasteiger charge is 2.51. The molecule has 6 rings (SSSR count). The van der Waals surface area contributed by atoms with Crippen LogP contribution >= 0.6 is 31.9 Å². The van der Waals surface area contributed by atoms with Gasteiger partial charge in [-0.25, -0.2) is 14.4 Å². The van der Waals surface area contributed by atoms with E-state index in [9.17, 15) is 14.4 Å². The number of rotatable bonds is 10. The summed E-state index contributed by atoms with van der Waals surface area (Å²) >= 11 is 6.48. The van der Waals surface area contributed by atoms with Crippen LogP contribution in [-0.4, -0.2) is 62.2 Å². The van der Waals surface area contributed by atoms with Gasteiger partial charge < -0.3 is 23.5 Å². The Bertz CT molecular complexity index is 2620. The number of ether oxygens (including phenoxy) is 3. The number of halogens is 2. The van der Waals surface area contributed by atoms with Crippen LogP contribution in [0.1, 0.15) is 171 Å². The van der Waals surface area contributed by atoms with Crippen LogP contribution in [0.25, 0.3) is 22.3 Å². The summed E-state index contributed by atoms with van der Waals surface area (Å²) in [5, 5.41) is 0. The number of carbonyl (C=O) groups excluding carboxylic acids is 5. The molecule has 10 nitrogen and oxygen atoms in total. The normalized spacial score (nSPS) is 13.7. The maximum Gasteiger partial charge on any atom is 0.494 e. The van der Waals surface area contributed by atoms with E-state index in [-0.39, 0.29) is 46.7 Å². The molecular weight excluding hydrogens is 1050 g/mol. The zero-order valence-electron chi connectivity index (χ0n) is 46.0. The van der Waals surface area contributed by atoms with Crippen molar-refractivity contribution in [3.05, 3.63) is 145 Å². The van der Waals surface area contributed by atoms with E-state index in [0.717, 1.165) is 34.1 Å². The zero-order chi connectivity index (χ0) is 55.3. The first-order chi connectivity index (χ1) is 33.9. The molecule has 0 N–H and O–H groups in total. The highest BCUT2D eigenvalue weighted by atomic mass is 79.9. The molecule has 392 valence electrons. The van der Waals surface area contributed by atoms with Gasteiger partial charge in [0.05, 0.1) is 47.7 Å². The van der Waals surface area contributed by atoms with Crippen molar-refractivity contribution in [3.8, 4) is 22.3 Å². The van der Waals surface area contributed by atoms with E-state index in [1.54, 1.807) is 13.8 Å². The average Bonchev–Trinajstić information content (AvgIpc) is 3.54. The molecule has 73 heavy (non-hydrogen) atoms. The highest BCUT2D eigenvalue weighted by molar-refractivity contribution is 9.11. The molecule has 0 unspecified atom stereocenters. The van der Waals surface area contributed by atoms with Crippen molar-refractivity contribution in [1.82, 2.24) is 0 Å². The van der Waals surface area contributed by atoms with Gasteiger partial charge in [0.25, 0.3) is 0 Å². The van der Waals surface area contributed by atoms with Crippen molar-refractivity contribution in [1.29, 1.82) is 0 Å². The van der Waals surface area contributed by atoms with Crippen molar-refractivity contribution in [2.75, 3.05) is 19.8 Å². The molecule has 0 amide bonds. The van der Waals surface area contributed by atoms with E-state index >= 15 is 0 Å². The first-order valence-corrected chi connectivity index (χ1v) is 26.3. The van der Waals surface area contributed by atoms with Crippen molar-refractivity contribution in [2.45, 2.75) is 152 Å². The van der Waals surface area contributed by atoms with Gasteiger partial charge in [-0.05, 0) is 177 Å². The van der Waals surface area contributed by atoms with Crippen molar-refractivity contribution in [3.63, 3.8) is 0 Å². The zero-order valence-corrected chi connectivity index (χ0v) is 49.2. The summed E-state index contributed by atoms with van der Waals surface area (Å²) in [6, 6.07) is 33.1. The van der Waals surface area contributed by atoms with Crippen LogP contribution in [0, 0.1) is 0 Å². The molecule has 1 fully saturated rings. The van der Waals surface area contributed by atoms with Crippen molar-refractivity contribution in [2.24, 2.45) is 0 Å². The number of esters is 3. The summed E-state index contributed by atoms with van der Waals surface area (Å²) in [5.41, 5.74) is 11.5. The van der Waals surface area contributed by atoms with Gasteiger partial charge in [0, 0.05) is 8.95 Å². The summed E-state index contributed by atoms with van der Waals surface area (Å²) in [6.07, 6.45) is 1.13. The SMILES string of the molecule is CC(C)(C)c1ccc(B2OC(C)(C)C(C)(C)O2)cc1.CCOC(=O)c1cc(-c2ccc(C(C)(C)C)cc2)c(CC)cc1-c1ccc(C(C)(C)C)cc1.CCOC(=O)c1cc(Br)c(C(=O)OCC)cc1Br.O=C=O. The molecule has 0 saturated carbocycles. The largest absolute Gasteiger partial charge is 0.494 e. The molecule has 0 aliphatic carbocycles. The molecule has 1 aliphatic rings. The van der Waals surface area contributed by atoms with Crippen LogP contribution in [0.5, 0.6) is 0 Å². The van der Waals surface area contributed by atoms with Crippen LogP contribution < -0.4 is 5.46 Å². The maximum atomic E-state index is 13.0. The Labute approximate surface area is 452 Å². The second-order valence-corrected chi connectivity index (χ2v) is 23.3. The number of aryl methyl sites for hydroxylation is 1. The van der Waals surface area contributed by atoms with Crippen LogP contribution in [0.3, 0.4) is 0 Å². The summed E-state index contributed by atoms with van der Waals surface area (Å²) < 4.78 is 28.4. The predicted octanol–water partition coefficient (Wildman–Crippen LogP) is 14.6. The molecule has 0 spiro atoms. The summed E-state index contributed by atoms with van der Waals surface area (Å²) in [5.74, 6) is -1.16. The molecule has 5 aromatic rings. The Morgan fingerprint density at radius 1 is 0.507 bits per heavy atom. The van der Waals surface area contributed by atoms with Gasteiger partial charge in [-0.15, -0.1) is 0 Å². The summed E-state index contributed by atoms with van der Waals surface area (Å²) in [4.78, 5) is 52.5. The molecule has 0 bridgehead atoms. The van der Waals surface area contributed by atoms with E-state index in [4.69, 9.17) is 33.1 Å². The van der Waals surface area contributed by atoms with Crippen LogP contribution in [0.4, 0.5) is 0 Å². The molecule has 0 aromatic heterocycles. The summed E-state index contributed by atoms with van der Waals surface area (Å²) in [6.45, 7) is 36.7. The third-order valence-corrected chi connectivity index (χ3v) is 13.9. The van der Waals surface area contributed by atoms with E-state index in [1.807, 2.05) is 13.0 Å². The lowest BCUT2D eigenvalue weighted by molar-refractivity contribution is -0.191. The van der Waals surface area contributed by atoms with E-state index < -0.39 is 11.9 Å². The van der Waals surface area contributed by atoms with Crippen LogP contribution in [-0.2, 0) is 55.8 Å². The number of benzene rings is 5. The van der Waals surface area contributed by atoms with Gasteiger partial charge in [-0.1, -0.05) is 142 Å². The fraction of sp³-hybridized carbons (Fsp3) is 0.433. The highest BCUT2D eigenvalue weighted by Crippen LogP contribution is 2.38. The topological polar surface area (TPSA) is 132 Å². The van der Waals surface area contributed by atoms with Crippen molar-refractivity contribution >= 4 is 68.5 Å². The van der Waals surface area contributed by atoms with Crippen LogP contribution in [0.2, 0.25) is 0 Å². The Morgan fingerprint density at radius 2 is 0.822 bits per heavy atom. The Morgan fingerprint density at radius 3 is 1.14 bits per heavy atom. The first kappa shape index (κ1) is 62.1. The van der Waals surface area contributed by atoms with Gasteiger partial charge >= 0.3 is 31.2 Å². The van der Waals surface area contributed by atoms with Gasteiger partial charge in [0.15, 0.2) is 0 Å². The third-order valence-electron chi connectivity index (χ3n) is 12.6. The van der Waals surface area contributed by atoms with Gasteiger partial charge in [0.1, 0.15) is 0 Å². The minimum Gasteiger partial charge on any atom is -0.462 e. The van der Waals surface area contributed by atoms with E-state index in [2.05, 4.69) is 208 Å². The molecule has 1 saturated heterocycles. The number of hydrogen-bond donors (Lipinski definition) is 0. The Balaban J connectivity index is 0.000000300. The average molecular weight is 1130 g/mol. The fourth-order valence-electron chi connectivity index (χ4n) is 7.52. The van der Waals surface area contributed by atoms with Gasteiger partial charge in [-0.3, -0.25) is 0 Å². The minimum absolute atomic E-state index is 0.0835. The maximum absolute atomic E-state index is 13.0. The number of hydrogen-bond acceptors (Lipinski definition) is 10. The summed E-state index contributed by atoms with van der Waals surface area (Å²) in [7, 11) is -0.265. The Hall–Kier alpha value is -5.17. The Kier molecular flexibility index (Phi) is 22.4. The molecule has 13 heteroatoms. The molecule has 0 atom stereocenters. The molecule has 5 aromatic carbocycles. The fourth-order valence-corrected chi connectivity index (χ4v) is 8.53. The smallest absolute Gasteiger partial charge is 0.462 e. The second kappa shape index (κ2) is 26.4. The standard InChI is InChI=1S/C31H38O2.C16H25BO2.C12H12Br2O4.CO2/c1-9-21-19-27(23-13-17-25(18-14-23)31(6,7)8)28(29(32)33-10-2)20-26(21)22-11-15-24(16-12-22)30(3,4)5;1-14(2,3)12-8-10-13(11-9-12)17-18-15(4,5)16(6,7)19-17;1-3-17-11(15)7-5-10(14)8(6-9(7)13)12(16)18-4-2;2-1-3/h11-20H,9-10H2,1-8H3;8-11H,1-7H3;5-6H,3-4H2,1-2H3;. The van der Waals surface area contributed by atoms with E-state index in [0.29, 0.717) is 45.5 Å². The minimum atomic E-state index is -0.444. The third kappa shape index (κ3) is 16.9. The van der Waals surface area contributed by atoms with Gasteiger partial charge in [-0.2, -0.15) is 9.59 Å². The number of carbonyl (C=O) groups is 3. The molecule has 1 heterocycles. The lowest BCUT2D eigenvalue weighted by Gasteiger charge is -2.32. The van der Waals surface area contributed by atoms with Gasteiger partial charge in [0.2, 0.25) is 0 Å². The second-order valence-electron chi connectivity index (χ2n) is 21.6. The van der Waals surface area contributed by atoms with Crippen molar-refractivity contribution < 1.29 is 47.5 Å². The molecule has 1 aliphatic heterocycles. The lowest BCUT2D eigenvalue weighted by atomic mass is 9.77. The predicted molar refractivity (Wildman–Crippen MR) is 300 cm³/mol. The quantitative estimate of drug-likeness (QED) is 0.0756. The molecular formula is C60H75BBr2O10. The monoisotopic (exact) mass is 1120 g/mol. The van der Waals surface area contributed by atoms with E-state index in [1.165, 1.54) is 34.4 Å². The lowest BCUT2D eigenvalue weighted by Crippen LogP contribution is -2.41. The first-order valence-electron chi connectivity index (χ1n) is 24.8. The molecule has 0 radical (unpaired) electrons.